The molecule has 1 aliphatic rings. The van der Waals surface area contributed by atoms with E-state index in [2.05, 4.69) is 22.2 Å². The minimum Gasteiger partial charge on any atom is -0.399 e. The number of H-pyrrole nitrogens is 1. The molecule has 1 aromatic heterocycles. The number of fused-ring (bicyclic) bond motifs is 1. The maximum Gasteiger partial charge on any atom is 0.253 e. The van der Waals surface area contributed by atoms with E-state index in [1.807, 2.05) is 18.2 Å². The predicted molar refractivity (Wildman–Crippen MR) is 80.6 cm³/mol. The van der Waals surface area contributed by atoms with E-state index in [-0.39, 0.29) is 5.91 Å². The van der Waals surface area contributed by atoms with E-state index in [0.717, 1.165) is 37.0 Å². The molecule has 0 radical (unpaired) electrons. The number of anilines is 1. The van der Waals surface area contributed by atoms with Crippen LogP contribution >= 0.6 is 0 Å². The van der Waals surface area contributed by atoms with Crippen LogP contribution in [-0.2, 0) is 0 Å². The molecule has 0 saturated carbocycles. The minimum atomic E-state index is -0.0311. The van der Waals surface area contributed by atoms with E-state index < -0.39 is 0 Å². The molecule has 0 aliphatic carbocycles. The van der Waals surface area contributed by atoms with Crippen molar-refractivity contribution in [2.24, 2.45) is 5.92 Å². The molecule has 106 valence electrons. The Morgan fingerprint density at radius 3 is 3.15 bits per heavy atom. The molecule has 0 spiro atoms. The number of nitrogen functional groups attached to an aromatic ring is 1. The second-order valence-corrected chi connectivity index (χ2v) is 5.63. The first-order valence-corrected chi connectivity index (χ1v) is 6.97. The lowest BCUT2D eigenvalue weighted by atomic mass is 10.1. The molecular formula is C15H20N4O. The van der Waals surface area contributed by atoms with Crippen molar-refractivity contribution in [1.82, 2.24) is 15.2 Å². The largest absolute Gasteiger partial charge is 0.399 e. The van der Waals surface area contributed by atoms with E-state index in [4.69, 9.17) is 5.73 Å². The maximum absolute atomic E-state index is 12.3. The molecule has 1 unspecified atom stereocenters. The van der Waals surface area contributed by atoms with Crippen molar-refractivity contribution in [3.8, 4) is 0 Å². The Hall–Kier alpha value is -2.01. The first-order valence-electron chi connectivity index (χ1n) is 6.97. The Bertz CT molecular complexity index is 634. The molecule has 1 atom stereocenters. The highest BCUT2D eigenvalue weighted by Gasteiger charge is 2.20. The summed E-state index contributed by atoms with van der Waals surface area (Å²) in [4.78, 5) is 17.7. The van der Waals surface area contributed by atoms with Gasteiger partial charge in [0.15, 0.2) is 0 Å². The normalized spacial score (nSPS) is 19.6. The van der Waals surface area contributed by atoms with Crippen LogP contribution in [0.1, 0.15) is 16.8 Å². The smallest absolute Gasteiger partial charge is 0.253 e. The fourth-order valence-electron chi connectivity index (χ4n) is 2.85. The number of likely N-dealkylation sites (tertiary alicyclic amines) is 1. The average Bonchev–Trinajstić information content (AvgIpc) is 3.02. The lowest BCUT2D eigenvalue weighted by molar-refractivity contribution is 0.0949. The second kappa shape index (κ2) is 5.17. The number of hydrogen-bond donors (Lipinski definition) is 3. The van der Waals surface area contributed by atoms with E-state index in [1.165, 1.54) is 0 Å². The topological polar surface area (TPSA) is 74.2 Å². The SMILES string of the molecule is CN1CCC(CNC(=O)c2c[nH]c3ccc(N)cc23)C1. The van der Waals surface area contributed by atoms with Crippen molar-refractivity contribution in [2.45, 2.75) is 6.42 Å². The van der Waals surface area contributed by atoms with Crippen LogP contribution < -0.4 is 11.1 Å². The summed E-state index contributed by atoms with van der Waals surface area (Å²) in [6.07, 6.45) is 2.90. The lowest BCUT2D eigenvalue weighted by Crippen LogP contribution is -2.30. The Kier molecular flexibility index (Phi) is 3.36. The maximum atomic E-state index is 12.3. The molecule has 4 N–H and O–H groups in total. The van der Waals surface area contributed by atoms with E-state index in [0.29, 0.717) is 17.2 Å². The number of hydrogen-bond acceptors (Lipinski definition) is 3. The average molecular weight is 272 g/mol. The third kappa shape index (κ3) is 2.49. The summed E-state index contributed by atoms with van der Waals surface area (Å²) in [5.41, 5.74) is 8.06. The van der Waals surface area contributed by atoms with Gasteiger partial charge in [-0.3, -0.25) is 4.79 Å². The van der Waals surface area contributed by atoms with Crippen LogP contribution in [-0.4, -0.2) is 42.5 Å². The molecule has 5 nitrogen and oxygen atoms in total. The van der Waals surface area contributed by atoms with E-state index in [9.17, 15) is 4.79 Å². The fraction of sp³-hybridized carbons (Fsp3) is 0.400. The standard InChI is InChI=1S/C15H20N4O/c1-19-5-4-10(9-19)7-18-15(20)13-8-17-14-3-2-11(16)6-12(13)14/h2-3,6,8,10,17H,4-5,7,9,16H2,1H3,(H,18,20). The van der Waals surface area contributed by atoms with Gasteiger partial charge < -0.3 is 20.9 Å². The Labute approximate surface area is 118 Å². The van der Waals surface area contributed by atoms with Gasteiger partial charge >= 0.3 is 0 Å². The molecule has 1 fully saturated rings. The molecule has 1 amide bonds. The highest BCUT2D eigenvalue weighted by molar-refractivity contribution is 6.07. The zero-order valence-corrected chi connectivity index (χ0v) is 11.6. The van der Waals surface area contributed by atoms with Crippen LogP contribution in [0.2, 0.25) is 0 Å². The van der Waals surface area contributed by atoms with Crippen LogP contribution in [0.15, 0.2) is 24.4 Å². The first kappa shape index (κ1) is 13.0. The van der Waals surface area contributed by atoms with E-state index >= 15 is 0 Å². The molecule has 0 bridgehead atoms. The number of carbonyl (C=O) groups excluding carboxylic acids is 1. The summed E-state index contributed by atoms with van der Waals surface area (Å²) < 4.78 is 0. The van der Waals surface area contributed by atoms with Crippen molar-refractivity contribution in [2.75, 3.05) is 32.4 Å². The number of nitrogens with one attached hydrogen (secondary N) is 2. The number of amides is 1. The first-order chi connectivity index (χ1) is 9.63. The number of carbonyl (C=O) groups is 1. The number of aromatic nitrogens is 1. The summed E-state index contributed by atoms with van der Waals surface area (Å²) >= 11 is 0. The Morgan fingerprint density at radius 1 is 1.55 bits per heavy atom. The molecule has 1 aromatic carbocycles. The quantitative estimate of drug-likeness (QED) is 0.740. The fourth-order valence-corrected chi connectivity index (χ4v) is 2.85. The predicted octanol–water partition coefficient (Wildman–Crippen LogP) is 1.43. The number of benzene rings is 1. The summed E-state index contributed by atoms with van der Waals surface area (Å²) in [5.74, 6) is 0.524. The number of aromatic amines is 1. The third-order valence-electron chi connectivity index (χ3n) is 3.99. The van der Waals surface area contributed by atoms with Crippen LogP contribution in [0.25, 0.3) is 10.9 Å². The highest BCUT2D eigenvalue weighted by atomic mass is 16.1. The summed E-state index contributed by atoms with van der Waals surface area (Å²) in [5, 5.41) is 3.91. The van der Waals surface area contributed by atoms with Crippen LogP contribution in [0.3, 0.4) is 0 Å². The Balaban J connectivity index is 1.71. The van der Waals surface area contributed by atoms with Gasteiger partial charge in [0.25, 0.3) is 5.91 Å². The van der Waals surface area contributed by atoms with E-state index in [1.54, 1.807) is 6.20 Å². The number of nitrogens with two attached hydrogens (primary N) is 1. The van der Waals surface area contributed by atoms with Crippen molar-refractivity contribution in [1.29, 1.82) is 0 Å². The molecule has 2 aromatic rings. The van der Waals surface area contributed by atoms with Gasteiger partial charge in [0.05, 0.1) is 5.56 Å². The molecule has 1 saturated heterocycles. The van der Waals surface area contributed by atoms with Crippen molar-refractivity contribution >= 4 is 22.5 Å². The van der Waals surface area contributed by atoms with Crippen molar-refractivity contribution in [3.05, 3.63) is 30.0 Å². The zero-order valence-electron chi connectivity index (χ0n) is 11.6. The number of rotatable bonds is 3. The number of nitrogens with zero attached hydrogens (tertiary/aromatic N) is 1. The van der Waals surface area contributed by atoms with Gasteiger partial charge in [-0.1, -0.05) is 0 Å². The van der Waals surface area contributed by atoms with Gasteiger partial charge in [-0.05, 0) is 44.1 Å². The van der Waals surface area contributed by atoms with Crippen LogP contribution in [0, 0.1) is 5.92 Å². The summed E-state index contributed by atoms with van der Waals surface area (Å²) in [7, 11) is 2.12. The summed E-state index contributed by atoms with van der Waals surface area (Å²) in [6.45, 7) is 2.91. The van der Waals surface area contributed by atoms with Crippen molar-refractivity contribution < 1.29 is 4.79 Å². The lowest BCUT2D eigenvalue weighted by Gasteiger charge is -2.11. The second-order valence-electron chi connectivity index (χ2n) is 5.63. The molecular weight excluding hydrogens is 252 g/mol. The Morgan fingerprint density at radius 2 is 2.40 bits per heavy atom. The minimum absolute atomic E-state index is 0.0311. The van der Waals surface area contributed by atoms with Crippen LogP contribution in [0.4, 0.5) is 5.69 Å². The molecule has 20 heavy (non-hydrogen) atoms. The third-order valence-corrected chi connectivity index (χ3v) is 3.99. The monoisotopic (exact) mass is 272 g/mol. The highest BCUT2D eigenvalue weighted by Crippen LogP contribution is 2.21. The van der Waals surface area contributed by atoms with Gasteiger partial charge in [-0.25, -0.2) is 0 Å². The zero-order chi connectivity index (χ0) is 14.1. The molecule has 5 heteroatoms. The summed E-state index contributed by atoms with van der Waals surface area (Å²) in [6, 6.07) is 5.56. The molecule has 3 rings (SSSR count). The molecule has 1 aliphatic heterocycles. The van der Waals surface area contributed by atoms with Gasteiger partial charge in [0, 0.05) is 35.9 Å². The van der Waals surface area contributed by atoms with Gasteiger partial charge in [-0.2, -0.15) is 0 Å². The van der Waals surface area contributed by atoms with Gasteiger partial charge in [-0.15, -0.1) is 0 Å². The van der Waals surface area contributed by atoms with Gasteiger partial charge in [0.1, 0.15) is 0 Å². The molecule has 2 heterocycles. The van der Waals surface area contributed by atoms with Crippen molar-refractivity contribution in [3.63, 3.8) is 0 Å². The van der Waals surface area contributed by atoms with Gasteiger partial charge in [0.2, 0.25) is 0 Å². The van der Waals surface area contributed by atoms with Crippen LogP contribution in [0.5, 0.6) is 0 Å².